The van der Waals surface area contributed by atoms with E-state index in [1.165, 1.54) is 0 Å². The number of benzene rings is 1. The highest BCUT2D eigenvalue weighted by molar-refractivity contribution is 5.96. The zero-order chi connectivity index (χ0) is 10.9. The number of hydrogen-bond donors (Lipinski definition) is 1. The van der Waals surface area contributed by atoms with E-state index in [4.69, 9.17) is 5.73 Å². The van der Waals surface area contributed by atoms with Gasteiger partial charge >= 0.3 is 0 Å². The topological polar surface area (TPSA) is 43.1 Å². The first kappa shape index (κ1) is 10.8. The fourth-order valence-corrected chi connectivity index (χ4v) is 1.62. The molecule has 0 aliphatic carbocycles. The number of carbonyl (C=O) groups excluding carboxylic acids is 1. The number of rotatable bonds is 1. The highest BCUT2D eigenvalue weighted by Crippen LogP contribution is 2.27. The van der Waals surface area contributed by atoms with Crippen molar-refractivity contribution in [3.8, 4) is 0 Å². The van der Waals surface area contributed by atoms with Crippen molar-refractivity contribution in [1.82, 2.24) is 0 Å². The standard InChI is InChI=1S/C12H17NO/c1-8-6-5-7-9(12(2,3)4)10(8)11(13)14/h5-7H,1-4H3,(H2,13,14). The Bertz CT molecular complexity index is 361. The van der Waals surface area contributed by atoms with Gasteiger partial charge in [-0.1, -0.05) is 39.0 Å². The molecule has 0 heterocycles. The van der Waals surface area contributed by atoms with E-state index >= 15 is 0 Å². The maximum atomic E-state index is 11.3. The van der Waals surface area contributed by atoms with Crippen LogP contribution in [0.1, 0.15) is 42.3 Å². The summed E-state index contributed by atoms with van der Waals surface area (Å²) in [7, 11) is 0. The first-order valence-corrected chi connectivity index (χ1v) is 4.74. The van der Waals surface area contributed by atoms with Gasteiger partial charge in [-0.3, -0.25) is 4.79 Å². The molecule has 14 heavy (non-hydrogen) atoms. The van der Waals surface area contributed by atoms with Gasteiger partial charge in [-0.15, -0.1) is 0 Å². The van der Waals surface area contributed by atoms with Gasteiger partial charge in [0.2, 0.25) is 5.91 Å². The number of primary amides is 1. The second-order valence-corrected chi connectivity index (χ2v) is 4.61. The molecule has 1 amide bonds. The Balaban J connectivity index is 3.44. The van der Waals surface area contributed by atoms with Gasteiger partial charge in [-0.05, 0) is 23.5 Å². The molecule has 2 nitrogen and oxygen atoms in total. The van der Waals surface area contributed by atoms with Crippen molar-refractivity contribution in [2.75, 3.05) is 0 Å². The average Bonchev–Trinajstić information content (AvgIpc) is 2.01. The Morgan fingerprint density at radius 3 is 2.21 bits per heavy atom. The van der Waals surface area contributed by atoms with E-state index in [0.717, 1.165) is 11.1 Å². The highest BCUT2D eigenvalue weighted by atomic mass is 16.1. The molecular formula is C12H17NO. The summed E-state index contributed by atoms with van der Waals surface area (Å²) < 4.78 is 0. The molecule has 0 aliphatic rings. The SMILES string of the molecule is Cc1cccc(C(C)(C)C)c1C(N)=O. The van der Waals surface area contributed by atoms with Crippen molar-refractivity contribution in [1.29, 1.82) is 0 Å². The molecule has 0 aromatic heterocycles. The summed E-state index contributed by atoms with van der Waals surface area (Å²) in [6, 6.07) is 5.84. The van der Waals surface area contributed by atoms with Crippen molar-refractivity contribution in [2.24, 2.45) is 5.73 Å². The molecular weight excluding hydrogens is 174 g/mol. The Kier molecular flexibility index (Phi) is 2.65. The average molecular weight is 191 g/mol. The van der Waals surface area contributed by atoms with Gasteiger partial charge in [0.15, 0.2) is 0 Å². The molecule has 0 spiro atoms. The molecule has 2 N–H and O–H groups in total. The van der Waals surface area contributed by atoms with Crippen LogP contribution >= 0.6 is 0 Å². The minimum Gasteiger partial charge on any atom is -0.366 e. The first-order valence-electron chi connectivity index (χ1n) is 4.74. The summed E-state index contributed by atoms with van der Waals surface area (Å²) in [5, 5.41) is 0. The van der Waals surface area contributed by atoms with E-state index in [-0.39, 0.29) is 11.3 Å². The summed E-state index contributed by atoms with van der Waals surface area (Å²) in [5.74, 6) is -0.340. The van der Waals surface area contributed by atoms with Gasteiger partial charge in [-0.25, -0.2) is 0 Å². The lowest BCUT2D eigenvalue weighted by Gasteiger charge is -2.22. The predicted octanol–water partition coefficient (Wildman–Crippen LogP) is 2.39. The van der Waals surface area contributed by atoms with Gasteiger partial charge in [0.05, 0.1) is 0 Å². The van der Waals surface area contributed by atoms with Gasteiger partial charge in [0, 0.05) is 5.56 Å². The molecule has 0 fully saturated rings. The molecule has 0 saturated heterocycles. The monoisotopic (exact) mass is 191 g/mol. The van der Waals surface area contributed by atoms with E-state index in [1.54, 1.807) is 0 Å². The second-order valence-electron chi connectivity index (χ2n) is 4.61. The molecule has 1 aromatic rings. The Morgan fingerprint density at radius 1 is 1.29 bits per heavy atom. The van der Waals surface area contributed by atoms with Gasteiger partial charge in [0.25, 0.3) is 0 Å². The fourth-order valence-electron chi connectivity index (χ4n) is 1.62. The van der Waals surface area contributed by atoms with Crippen LogP contribution in [0.4, 0.5) is 0 Å². The minimum absolute atomic E-state index is 0.0453. The van der Waals surface area contributed by atoms with E-state index in [2.05, 4.69) is 20.8 Å². The van der Waals surface area contributed by atoms with Crippen molar-refractivity contribution < 1.29 is 4.79 Å². The van der Waals surface area contributed by atoms with Crippen molar-refractivity contribution in [3.63, 3.8) is 0 Å². The quantitative estimate of drug-likeness (QED) is 0.727. The summed E-state index contributed by atoms with van der Waals surface area (Å²) in [6.45, 7) is 8.14. The summed E-state index contributed by atoms with van der Waals surface area (Å²) >= 11 is 0. The van der Waals surface area contributed by atoms with Crippen LogP contribution in [0.15, 0.2) is 18.2 Å². The number of amides is 1. The summed E-state index contributed by atoms with van der Waals surface area (Å²) in [6.07, 6.45) is 0. The lowest BCUT2D eigenvalue weighted by molar-refractivity contribution is 0.0997. The van der Waals surface area contributed by atoms with Crippen molar-refractivity contribution in [3.05, 3.63) is 34.9 Å². The number of aryl methyl sites for hydroxylation is 1. The molecule has 0 radical (unpaired) electrons. The smallest absolute Gasteiger partial charge is 0.249 e. The fraction of sp³-hybridized carbons (Fsp3) is 0.417. The Labute approximate surface area is 85.1 Å². The van der Waals surface area contributed by atoms with Crippen LogP contribution in [-0.4, -0.2) is 5.91 Å². The van der Waals surface area contributed by atoms with Crippen LogP contribution in [0.3, 0.4) is 0 Å². The Morgan fingerprint density at radius 2 is 1.86 bits per heavy atom. The lowest BCUT2D eigenvalue weighted by Crippen LogP contribution is -2.22. The minimum atomic E-state index is -0.340. The molecule has 0 atom stereocenters. The second kappa shape index (κ2) is 3.45. The molecule has 1 rings (SSSR count). The lowest BCUT2D eigenvalue weighted by atomic mass is 9.82. The largest absolute Gasteiger partial charge is 0.366 e. The Hall–Kier alpha value is -1.31. The zero-order valence-electron chi connectivity index (χ0n) is 9.22. The number of carbonyl (C=O) groups is 1. The van der Waals surface area contributed by atoms with Gasteiger partial charge in [0.1, 0.15) is 0 Å². The van der Waals surface area contributed by atoms with Crippen molar-refractivity contribution >= 4 is 5.91 Å². The van der Waals surface area contributed by atoms with Crippen LogP contribution in [0, 0.1) is 6.92 Å². The third kappa shape index (κ3) is 1.95. The maximum absolute atomic E-state index is 11.3. The van der Waals surface area contributed by atoms with Crippen LogP contribution in [0.5, 0.6) is 0 Å². The van der Waals surface area contributed by atoms with Crippen LogP contribution in [-0.2, 0) is 5.41 Å². The molecule has 0 bridgehead atoms. The van der Waals surface area contributed by atoms with E-state index in [0.29, 0.717) is 5.56 Å². The van der Waals surface area contributed by atoms with E-state index in [1.807, 2.05) is 25.1 Å². The van der Waals surface area contributed by atoms with Crippen LogP contribution in [0.2, 0.25) is 0 Å². The predicted molar refractivity (Wildman–Crippen MR) is 58.4 cm³/mol. The van der Waals surface area contributed by atoms with Crippen LogP contribution in [0.25, 0.3) is 0 Å². The molecule has 1 aromatic carbocycles. The molecule has 0 unspecified atom stereocenters. The highest BCUT2D eigenvalue weighted by Gasteiger charge is 2.21. The molecule has 2 heteroatoms. The van der Waals surface area contributed by atoms with E-state index in [9.17, 15) is 4.79 Å². The molecule has 0 saturated carbocycles. The third-order valence-electron chi connectivity index (χ3n) is 2.33. The van der Waals surface area contributed by atoms with Crippen LogP contribution < -0.4 is 5.73 Å². The third-order valence-corrected chi connectivity index (χ3v) is 2.33. The summed E-state index contributed by atoms with van der Waals surface area (Å²) in [4.78, 5) is 11.3. The normalized spacial score (nSPS) is 11.4. The maximum Gasteiger partial charge on any atom is 0.249 e. The van der Waals surface area contributed by atoms with Crippen molar-refractivity contribution in [2.45, 2.75) is 33.1 Å². The molecule has 0 aliphatic heterocycles. The van der Waals surface area contributed by atoms with Gasteiger partial charge < -0.3 is 5.73 Å². The zero-order valence-corrected chi connectivity index (χ0v) is 9.22. The first-order chi connectivity index (χ1) is 6.34. The molecule has 76 valence electrons. The van der Waals surface area contributed by atoms with E-state index < -0.39 is 0 Å². The number of hydrogen-bond acceptors (Lipinski definition) is 1. The number of nitrogens with two attached hydrogens (primary N) is 1. The summed E-state index contributed by atoms with van der Waals surface area (Å²) in [5.41, 5.74) is 7.96. The van der Waals surface area contributed by atoms with Gasteiger partial charge in [-0.2, -0.15) is 0 Å².